The third-order valence-electron chi connectivity index (χ3n) is 6.04. The van der Waals surface area contributed by atoms with Crippen LogP contribution in [0.1, 0.15) is 18.1 Å². The summed E-state index contributed by atoms with van der Waals surface area (Å²) in [7, 11) is 1.59. The first-order chi connectivity index (χ1) is 16.7. The molecule has 1 aliphatic heterocycles. The maximum absolute atomic E-state index is 13.7. The van der Waals surface area contributed by atoms with Crippen molar-refractivity contribution in [3.05, 3.63) is 64.1 Å². The molecule has 0 spiro atoms. The van der Waals surface area contributed by atoms with Gasteiger partial charge in [-0.3, -0.25) is 9.59 Å². The molecule has 0 radical (unpaired) electrons. The van der Waals surface area contributed by atoms with E-state index in [9.17, 15) is 14.7 Å². The number of nitrogens with one attached hydrogen (secondary N) is 1. The monoisotopic (exact) mass is 541 g/mol. The highest BCUT2D eigenvalue weighted by Crippen LogP contribution is 2.36. The lowest BCUT2D eigenvalue weighted by atomic mass is 10.0. The summed E-state index contributed by atoms with van der Waals surface area (Å²) in [6, 6.07) is 13.3. The van der Waals surface area contributed by atoms with E-state index < -0.39 is 24.1 Å². The Labute approximate surface area is 212 Å². The van der Waals surface area contributed by atoms with E-state index in [0.29, 0.717) is 17.2 Å². The van der Waals surface area contributed by atoms with Gasteiger partial charge in [-0.25, -0.2) is 0 Å². The molecule has 8 nitrogen and oxygen atoms in total. The number of ether oxygens (including phenoxy) is 2. The fourth-order valence-electron chi connectivity index (χ4n) is 4.04. The minimum absolute atomic E-state index is 0.0636. The van der Waals surface area contributed by atoms with Gasteiger partial charge in [0.05, 0.1) is 25.4 Å². The van der Waals surface area contributed by atoms with Crippen LogP contribution in [0.25, 0.3) is 10.8 Å². The summed E-state index contributed by atoms with van der Waals surface area (Å²) in [6.45, 7) is 3.49. The number of carbonyl (C=O) groups excluding carboxylic acids is 2. The molecule has 0 fully saturated rings. The van der Waals surface area contributed by atoms with Crippen molar-refractivity contribution in [2.75, 3.05) is 18.6 Å². The molecular weight excluding hydrogens is 514 g/mol. The molecule has 1 aliphatic rings. The molecule has 9 heteroatoms. The molecule has 35 heavy (non-hydrogen) atoms. The van der Waals surface area contributed by atoms with Gasteiger partial charge in [0.15, 0.2) is 0 Å². The van der Waals surface area contributed by atoms with E-state index in [4.69, 9.17) is 15.2 Å². The van der Waals surface area contributed by atoms with Crippen molar-refractivity contribution < 1.29 is 24.2 Å². The molecule has 184 valence electrons. The zero-order valence-corrected chi connectivity index (χ0v) is 21.3. The smallest absolute Gasteiger partial charge is 0.253 e. The Bertz CT molecular complexity index is 1280. The summed E-state index contributed by atoms with van der Waals surface area (Å²) in [6.07, 6.45) is -1.06. The van der Waals surface area contributed by atoms with E-state index in [1.54, 1.807) is 12.0 Å². The number of halogens is 1. The fourth-order valence-corrected chi connectivity index (χ4v) is 4.42. The first-order valence-electron chi connectivity index (χ1n) is 11.2. The molecule has 0 saturated heterocycles. The molecule has 0 aromatic heterocycles. The lowest BCUT2D eigenvalue weighted by molar-refractivity contribution is -0.130. The number of amides is 2. The third kappa shape index (κ3) is 5.27. The maximum Gasteiger partial charge on any atom is 0.253 e. The summed E-state index contributed by atoms with van der Waals surface area (Å²) < 4.78 is 12.5. The lowest BCUT2D eigenvalue weighted by Gasteiger charge is -2.26. The van der Waals surface area contributed by atoms with Gasteiger partial charge in [0.25, 0.3) is 5.91 Å². The lowest BCUT2D eigenvalue weighted by Crippen LogP contribution is -2.56. The first-order valence-corrected chi connectivity index (χ1v) is 12.0. The summed E-state index contributed by atoms with van der Waals surface area (Å²) in [4.78, 5) is 27.8. The van der Waals surface area contributed by atoms with Crippen molar-refractivity contribution in [3.63, 3.8) is 0 Å². The van der Waals surface area contributed by atoms with Crippen LogP contribution in [0.2, 0.25) is 0 Å². The van der Waals surface area contributed by atoms with E-state index in [1.165, 1.54) is 6.92 Å². The minimum atomic E-state index is -1.16. The predicted octanol–water partition coefficient (Wildman–Crippen LogP) is 3.04. The third-order valence-corrected chi connectivity index (χ3v) is 6.54. The second-order valence-electron chi connectivity index (χ2n) is 8.69. The Balaban J connectivity index is 1.74. The number of fused-ring (bicyclic) bond motifs is 2. The van der Waals surface area contributed by atoms with Crippen LogP contribution in [0.15, 0.2) is 53.0 Å². The number of carbonyl (C=O) groups is 2. The van der Waals surface area contributed by atoms with Crippen LogP contribution in [0.4, 0.5) is 5.69 Å². The van der Waals surface area contributed by atoms with Gasteiger partial charge < -0.3 is 30.5 Å². The van der Waals surface area contributed by atoms with Crippen molar-refractivity contribution in [2.24, 2.45) is 5.73 Å². The van der Waals surface area contributed by atoms with Crippen LogP contribution >= 0.6 is 15.9 Å². The van der Waals surface area contributed by atoms with Gasteiger partial charge in [0.1, 0.15) is 30.2 Å². The molecule has 2 amide bonds. The van der Waals surface area contributed by atoms with Gasteiger partial charge in [-0.15, -0.1) is 0 Å². The molecule has 0 unspecified atom stereocenters. The predicted molar refractivity (Wildman–Crippen MR) is 138 cm³/mol. The number of hydrogen-bond donors (Lipinski definition) is 3. The van der Waals surface area contributed by atoms with Crippen molar-refractivity contribution in [1.82, 2.24) is 5.32 Å². The number of methoxy groups -OCH3 is 1. The number of aliphatic hydroxyl groups excluding tert-OH is 1. The van der Waals surface area contributed by atoms with Gasteiger partial charge in [-0.1, -0.05) is 28.1 Å². The summed E-state index contributed by atoms with van der Waals surface area (Å²) in [5.41, 5.74) is 8.14. The van der Waals surface area contributed by atoms with Gasteiger partial charge >= 0.3 is 0 Å². The highest BCUT2D eigenvalue weighted by Gasteiger charge is 2.34. The fraction of sp³-hybridized carbons (Fsp3) is 0.308. The van der Waals surface area contributed by atoms with Crippen LogP contribution in [0.5, 0.6) is 11.5 Å². The number of nitrogens with two attached hydrogens (primary N) is 1. The molecule has 4 rings (SSSR count). The van der Waals surface area contributed by atoms with E-state index in [-0.39, 0.29) is 19.1 Å². The molecular formula is C26H28BrN3O5. The van der Waals surface area contributed by atoms with Crippen molar-refractivity contribution in [1.29, 1.82) is 0 Å². The number of benzene rings is 3. The number of nitrogens with zero attached hydrogens (tertiary/aromatic N) is 1. The Hall–Kier alpha value is -3.14. The van der Waals surface area contributed by atoms with Crippen molar-refractivity contribution in [2.45, 2.75) is 38.6 Å². The molecule has 3 aromatic rings. The van der Waals surface area contributed by atoms with Crippen LogP contribution in [0, 0.1) is 6.92 Å². The van der Waals surface area contributed by atoms with Crippen LogP contribution in [0.3, 0.4) is 0 Å². The van der Waals surface area contributed by atoms with Crippen LogP contribution < -0.4 is 25.4 Å². The Morgan fingerprint density at radius 2 is 2.03 bits per heavy atom. The minimum Gasteiger partial charge on any atom is -0.496 e. The number of hydrogen-bond acceptors (Lipinski definition) is 6. The van der Waals surface area contributed by atoms with Gasteiger partial charge in [-0.2, -0.15) is 0 Å². The van der Waals surface area contributed by atoms with Gasteiger partial charge in [0, 0.05) is 10.0 Å². The average molecular weight is 542 g/mol. The van der Waals surface area contributed by atoms with Crippen LogP contribution in [-0.4, -0.2) is 48.8 Å². The summed E-state index contributed by atoms with van der Waals surface area (Å²) in [5.74, 6) is 0.202. The first kappa shape index (κ1) is 25.0. The second kappa shape index (κ2) is 10.2. The molecule has 1 heterocycles. The topological polar surface area (TPSA) is 114 Å². The van der Waals surface area contributed by atoms with Crippen molar-refractivity contribution >= 4 is 44.2 Å². The molecule has 0 aliphatic carbocycles. The zero-order chi connectivity index (χ0) is 25.3. The highest BCUT2D eigenvalue weighted by molar-refractivity contribution is 9.10. The average Bonchev–Trinajstić information content (AvgIpc) is 2.94. The number of aryl methyl sites for hydroxylation is 1. The summed E-state index contributed by atoms with van der Waals surface area (Å²) in [5, 5.41) is 14.3. The molecule has 3 atom stereocenters. The molecule has 0 saturated carbocycles. The SMILES string of the molecule is COc1cc2ccc(Br)cc2cc1CN1C(=O)[C@@H](NC(=O)[C@@H](N)[C@H](C)O)COc2cc(C)ccc21. The zero-order valence-electron chi connectivity index (χ0n) is 19.7. The Morgan fingerprint density at radius 3 is 2.74 bits per heavy atom. The molecule has 4 N–H and O–H groups in total. The number of aliphatic hydroxyl groups is 1. The number of rotatable bonds is 6. The van der Waals surface area contributed by atoms with Crippen molar-refractivity contribution in [3.8, 4) is 11.5 Å². The number of anilines is 1. The molecule has 0 bridgehead atoms. The van der Waals surface area contributed by atoms with E-state index in [2.05, 4.69) is 21.2 Å². The largest absolute Gasteiger partial charge is 0.496 e. The maximum atomic E-state index is 13.7. The molecule has 3 aromatic carbocycles. The van der Waals surface area contributed by atoms with Gasteiger partial charge in [0.2, 0.25) is 5.91 Å². The Kier molecular flexibility index (Phi) is 7.30. The standard InChI is InChI=1S/C26H28BrN3O5/c1-14-4-7-21-23(8-14)35-13-20(29-25(32)24(28)15(2)31)26(33)30(21)12-18-9-17-10-19(27)6-5-16(17)11-22(18)34-3/h4-11,15,20,24,31H,12-13,28H2,1-3H3,(H,29,32)/t15-,20-,24-/m0/s1. The van der Waals surface area contributed by atoms with Crippen LogP contribution in [-0.2, 0) is 16.1 Å². The van der Waals surface area contributed by atoms with E-state index in [1.807, 2.05) is 55.5 Å². The van der Waals surface area contributed by atoms with E-state index >= 15 is 0 Å². The van der Waals surface area contributed by atoms with E-state index in [0.717, 1.165) is 26.4 Å². The van der Waals surface area contributed by atoms with Gasteiger partial charge in [-0.05, 0) is 66.6 Å². The second-order valence-corrected chi connectivity index (χ2v) is 9.61. The Morgan fingerprint density at radius 1 is 1.26 bits per heavy atom. The normalized spacial score (nSPS) is 17.3. The quantitative estimate of drug-likeness (QED) is 0.442. The highest BCUT2D eigenvalue weighted by atomic mass is 79.9. The summed E-state index contributed by atoms with van der Waals surface area (Å²) >= 11 is 3.51.